The summed E-state index contributed by atoms with van der Waals surface area (Å²) in [6.45, 7) is 5.20. The molecule has 0 radical (unpaired) electrons. The van der Waals surface area contributed by atoms with Crippen LogP contribution in [-0.4, -0.2) is 47.6 Å². The van der Waals surface area contributed by atoms with E-state index in [1.54, 1.807) is 0 Å². The van der Waals surface area contributed by atoms with Gasteiger partial charge in [-0.2, -0.15) is 5.10 Å². The lowest BCUT2D eigenvalue weighted by atomic mass is 10.0. The van der Waals surface area contributed by atoms with Gasteiger partial charge in [-0.1, -0.05) is 0 Å². The van der Waals surface area contributed by atoms with Crippen LogP contribution in [0.3, 0.4) is 0 Å². The second kappa shape index (κ2) is 6.90. The maximum Gasteiger partial charge on any atom is 0.407 e. The quantitative estimate of drug-likeness (QED) is 0.743. The predicted molar refractivity (Wildman–Crippen MR) is 93.6 cm³/mol. The Hall–Kier alpha value is -2.09. The number of carbonyl (C=O) groups is 2. The molecule has 2 heterocycles. The molecule has 4 rings (SSSR count). The highest BCUT2D eigenvalue weighted by Crippen LogP contribution is 2.51. The van der Waals surface area contributed by atoms with E-state index in [0.29, 0.717) is 30.9 Å². The van der Waals surface area contributed by atoms with Crippen molar-refractivity contribution in [3.63, 3.8) is 0 Å². The van der Waals surface area contributed by atoms with Gasteiger partial charge in [0.2, 0.25) is 5.91 Å². The monoisotopic (exact) mass is 362 g/mol. The van der Waals surface area contributed by atoms with Crippen LogP contribution < -0.4 is 10.6 Å². The maximum absolute atomic E-state index is 12.3. The van der Waals surface area contributed by atoms with E-state index in [1.807, 2.05) is 19.9 Å². The molecule has 3 aliphatic rings. The molecule has 1 aliphatic heterocycles. The predicted octanol–water partition coefficient (Wildman–Crippen LogP) is 2.01. The maximum atomic E-state index is 12.3. The van der Waals surface area contributed by atoms with Gasteiger partial charge in [0.25, 0.3) is 0 Å². The van der Waals surface area contributed by atoms with Crippen LogP contribution in [0.5, 0.6) is 0 Å². The van der Waals surface area contributed by atoms with E-state index in [9.17, 15) is 9.59 Å². The molecule has 8 heteroatoms. The Morgan fingerprint density at radius 2 is 2.08 bits per heavy atom. The van der Waals surface area contributed by atoms with Crippen molar-refractivity contribution < 1.29 is 19.1 Å². The summed E-state index contributed by atoms with van der Waals surface area (Å²) in [7, 11) is 0. The topological polar surface area (TPSA) is 105 Å². The van der Waals surface area contributed by atoms with E-state index in [1.165, 1.54) is 0 Å². The fourth-order valence-electron chi connectivity index (χ4n) is 4.20. The zero-order chi connectivity index (χ0) is 18.3. The summed E-state index contributed by atoms with van der Waals surface area (Å²) >= 11 is 0. The molecule has 2 aliphatic carbocycles. The standard InChI is InChI=1S/C18H26N4O4/c1-9(2)19-18(24)26-11-4-3-10(5-11)14-6-15(22-21-14)20-17(23)16-12-7-25-8-13(12)16/h6,9-13,16H,3-5,7-8H2,1-2H3,(H,19,24)(H2,20,21,22,23)/t10-,11+,12-,13+,16+/m0/s1. The van der Waals surface area contributed by atoms with Gasteiger partial charge in [-0.25, -0.2) is 4.79 Å². The lowest BCUT2D eigenvalue weighted by Crippen LogP contribution is -2.33. The third-order valence-electron chi connectivity index (χ3n) is 5.61. The number of H-pyrrole nitrogens is 1. The highest BCUT2D eigenvalue weighted by Gasteiger charge is 2.58. The van der Waals surface area contributed by atoms with Gasteiger partial charge in [-0.3, -0.25) is 9.89 Å². The molecule has 3 fully saturated rings. The third kappa shape index (κ3) is 3.56. The molecular weight excluding hydrogens is 336 g/mol. The minimum absolute atomic E-state index is 0.0411. The molecule has 8 nitrogen and oxygen atoms in total. The van der Waals surface area contributed by atoms with E-state index < -0.39 is 0 Å². The molecule has 0 spiro atoms. The van der Waals surface area contributed by atoms with Crippen LogP contribution in [0, 0.1) is 17.8 Å². The average Bonchev–Trinajstić information content (AvgIpc) is 3.05. The molecule has 26 heavy (non-hydrogen) atoms. The number of hydrogen-bond acceptors (Lipinski definition) is 5. The van der Waals surface area contributed by atoms with Crippen molar-refractivity contribution in [1.82, 2.24) is 15.5 Å². The van der Waals surface area contributed by atoms with Crippen molar-refractivity contribution in [3.05, 3.63) is 11.8 Å². The zero-order valence-corrected chi connectivity index (χ0v) is 15.2. The fraction of sp³-hybridized carbons (Fsp3) is 0.722. The molecule has 0 aromatic carbocycles. The first-order chi connectivity index (χ1) is 12.5. The Labute approximate surface area is 152 Å². The van der Waals surface area contributed by atoms with Gasteiger partial charge in [-0.15, -0.1) is 0 Å². The molecule has 1 saturated heterocycles. The first-order valence-corrected chi connectivity index (χ1v) is 9.42. The summed E-state index contributed by atoms with van der Waals surface area (Å²) in [5, 5.41) is 12.9. The molecule has 5 atom stereocenters. The van der Waals surface area contributed by atoms with Crippen LogP contribution >= 0.6 is 0 Å². The van der Waals surface area contributed by atoms with Crippen molar-refractivity contribution in [1.29, 1.82) is 0 Å². The van der Waals surface area contributed by atoms with Gasteiger partial charge in [0.1, 0.15) is 6.10 Å². The number of carbonyl (C=O) groups excluding carboxylic acids is 2. The number of nitrogens with one attached hydrogen (secondary N) is 3. The number of aromatic amines is 1. The van der Waals surface area contributed by atoms with Crippen molar-refractivity contribution in [2.24, 2.45) is 17.8 Å². The number of nitrogens with zero attached hydrogens (tertiary/aromatic N) is 1. The third-order valence-corrected chi connectivity index (χ3v) is 5.61. The van der Waals surface area contributed by atoms with Crippen molar-refractivity contribution in [3.8, 4) is 0 Å². The number of anilines is 1. The highest BCUT2D eigenvalue weighted by molar-refractivity contribution is 5.94. The van der Waals surface area contributed by atoms with E-state index in [4.69, 9.17) is 9.47 Å². The molecule has 1 aromatic heterocycles. The number of fused-ring (bicyclic) bond motifs is 1. The van der Waals surface area contributed by atoms with Gasteiger partial charge in [0.05, 0.1) is 13.2 Å². The van der Waals surface area contributed by atoms with Gasteiger partial charge in [-0.05, 0) is 44.9 Å². The zero-order valence-electron chi connectivity index (χ0n) is 15.2. The molecule has 2 saturated carbocycles. The smallest absolute Gasteiger partial charge is 0.407 e. The lowest BCUT2D eigenvalue weighted by molar-refractivity contribution is -0.118. The van der Waals surface area contributed by atoms with Crippen LogP contribution in [0.2, 0.25) is 0 Å². The summed E-state index contributed by atoms with van der Waals surface area (Å²) < 4.78 is 10.8. The van der Waals surface area contributed by atoms with Gasteiger partial charge < -0.3 is 20.1 Å². The molecule has 3 N–H and O–H groups in total. The van der Waals surface area contributed by atoms with E-state index in [2.05, 4.69) is 20.8 Å². The molecule has 0 unspecified atom stereocenters. The van der Waals surface area contributed by atoms with Crippen LogP contribution in [0.1, 0.15) is 44.7 Å². The SMILES string of the molecule is CC(C)NC(=O)O[C@@H]1CC[C@H](c2cc(NC(=O)[C@H]3[C@@H]4COC[C@@H]43)n[nH]2)C1. The summed E-state index contributed by atoms with van der Waals surface area (Å²) in [5.74, 6) is 1.72. The second-order valence-corrected chi connectivity index (χ2v) is 7.93. The number of hydrogen-bond donors (Lipinski definition) is 3. The van der Waals surface area contributed by atoms with E-state index >= 15 is 0 Å². The molecular formula is C18H26N4O4. The first kappa shape index (κ1) is 17.3. The van der Waals surface area contributed by atoms with Crippen molar-refractivity contribution >= 4 is 17.8 Å². The summed E-state index contributed by atoms with van der Waals surface area (Å²) in [6.07, 6.45) is 2.10. The van der Waals surface area contributed by atoms with E-state index in [-0.39, 0.29) is 36.0 Å². The summed E-state index contributed by atoms with van der Waals surface area (Å²) in [6, 6.07) is 1.96. The van der Waals surface area contributed by atoms with Crippen LogP contribution in [-0.2, 0) is 14.3 Å². The van der Waals surface area contributed by atoms with Gasteiger partial charge >= 0.3 is 6.09 Å². The van der Waals surface area contributed by atoms with Gasteiger partial charge in [0.15, 0.2) is 5.82 Å². The largest absolute Gasteiger partial charge is 0.446 e. The van der Waals surface area contributed by atoms with E-state index in [0.717, 1.165) is 25.0 Å². The fourth-order valence-corrected chi connectivity index (χ4v) is 4.20. The first-order valence-electron chi connectivity index (χ1n) is 9.42. The van der Waals surface area contributed by atoms with Crippen LogP contribution in [0.4, 0.5) is 10.6 Å². The van der Waals surface area contributed by atoms with Crippen molar-refractivity contribution in [2.45, 2.75) is 51.2 Å². The lowest BCUT2D eigenvalue weighted by Gasteiger charge is -2.14. The van der Waals surface area contributed by atoms with Crippen molar-refractivity contribution in [2.75, 3.05) is 18.5 Å². The Morgan fingerprint density at radius 1 is 1.31 bits per heavy atom. The minimum Gasteiger partial charge on any atom is -0.446 e. The Morgan fingerprint density at radius 3 is 2.81 bits per heavy atom. The minimum atomic E-state index is -0.359. The number of aromatic nitrogens is 2. The van der Waals surface area contributed by atoms with Crippen LogP contribution in [0.15, 0.2) is 6.07 Å². The number of ether oxygens (including phenoxy) is 2. The number of amides is 2. The number of alkyl carbamates (subject to hydrolysis) is 1. The highest BCUT2D eigenvalue weighted by atomic mass is 16.6. The Balaban J connectivity index is 1.27. The Bertz CT molecular complexity index is 678. The average molecular weight is 362 g/mol. The molecule has 0 bridgehead atoms. The summed E-state index contributed by atoms with van der Waals surface area (Å²) in [5.41, 5.74) is 0.981. The molecule has 1 aromatic rings. The second-order valence-electron chi connectivity index (χ2n) is 7.93. The number of rotatable bonds is 5. The van der Waals surface area contributed by atoms with Crippen LogP contribution in [0.25, 0.3) is 0 Å². The normalized spacial score (nSPS) is 32.3. The summed E-state index contributed by atoms with van der Waals surface area (Å²) in [4.78, 5) is 24.0. The molecule has 142 valence electrons. The van der Waals surface area contributed by atoms with Gasteiger partial charge in [0, 0.05) is 29.6 Å². The Kier molecular flexibility index (Phi) is 4.60. The molecule has 2 amide bonds.